The van der Waals surface area contributed by atoms with Crippen LogP contribution in [-0.4, -0.2) is 25.1 Å². The van der Waals surface area contributed by atoms with Gasteiger partial charge in [-0.25, -0.2) is 4.79 Å². The van der Waals surface area contributed by atoms with Gasteiger partial charge in [0.1, 0.15) is 5.75 Å². The molecular formula is C21H24BrNO4. The smallest absolute Gasteiger partial charge is 0.338 e. The van der Waals surface area contributed by atoms with E-state index in [4.69, 9.17) is 9.47 Å². The van der Waals surface area contributed by atoms with Gasteiger partial charge >= 0.3 is 5.97 Å². The van der Waals surface area contributed by atoms with Crippen molar-refractivity contribution in [3.8, 4) is 5.75 Å². The van der Waals surface area contributed by atoms with E-state index in [1.165, 1.54) is 5.56 Å². The fourth-order valence-electron chi connectivity index (χ4n) is 2.36. The van der Waals surface area contributed by atoms with Gasteiger partial charge in [-0.2, -0.15) is 0 Å². The molecule has 0 heterocycles. The normalized spacial score (nSPS) is 11.0. The molecule has 0 aliphatic heterocycles. The van der Waals surface area contributed by atoms with Gasteiger partial charge in [-0.3, -0.25) is 4.79 Å². The van der Waals surface area contributed by atoms with Gasteiger partial charge in [-0.1, -0.05) is 32.9 Å². The van der Waals surface area contributed by atoms with Crippen molar-refractivity contribution in [3.63, 3.8) is 0 Å². The van der Waals surface area contributed by atoms with Crippen LogP contribution in [0.2, 0.25) is 0 Å². The SMILES string of the molecule is CCOC(=O)c1cccc(NC(=O)COc2ccc(C(C)(C)C)cc2Br)c1. The molecule has 0 fully saturated rings. The molecule has 0 radical (unpaired) electrons. The standard InChI is InChI=1S/C21H24BrNO4/c1-5-26-20(25)14-7-6-8-16(11-14)23-19(24)13-27-18-10-9-15(12-17(18)22)21(2,3)4/h6-12H,5,13H2,1-4H3,(H,23,24). The van der Waals surface area contributed by atoms with Gasteiger partial charge in [-0.15, -0.1) is 0 Å². The highest BCUT2D eigenvalue weighted by atomic mass is 79.9. The zero-order valence-electron chi connectivity index (χ0n) is 16.0. The van der Waals surface area contributed by atoms with Gasteiger partial charge < -0.3 is 14.8 Å². The average molecular weight is 434 g/mol. The fourth-order valence-corrected chi connectivity index (χ4v) is 2.86. The predicted molar refractivity (Wildman–Crippen MR) is 109 cm³/mol. The molecule has 0 atom stereocenters. The Morgan fingerprint density at radius 1 is 1.11 bits per heavy atom. The minimum atomic E-state index is -0.423. The maximum Gasteiger partial charge on any atom is 0.338 e. The van der Waals surface area contributed by atoms with Gasteiger partial charge in [0.05, 0.1) is 16.6 Å². The number of ether oxygens (including phenoxy) is 2. The van der Waals surface area contributed by atoms with Crippen molar-refractivity contribution in [2.75, 3.05) is 18.5 Å². The summed E-state index contributed by atoms with van der Waals surface area (Å²) in [7, 11) is 0. The van der Waals surface area contributed by atoms with Crippen LogP contribution < -0.4 is 10.1 Å². The van der Waals surface area contributed by atoms with Crippen LogP contribution in [0, 0.1) is 0 Å². The van der Waals surface area contributed by atoms with Crippen molar-refractivity contribution in [3.05, 3.63) is 58.1 Å². The molecule has 0 spiro atoms. The Bertz CT molecular complexity index is 827. The van der Waals surface area contributed by atoms with Gasteiger partial charge in [0, 0.05) is 5.69 Å². The molecule has 2 rings (SSSR count). The zero-order valence-corrected chi connectivity index (χ0v) is 17.6. The summed E-state index contributed by atoms with van der Waals surface area (Å²) in [5, 5.41) is 2.72. The largest absolute Gasteiger partial charge is 0.483 e. The first-order chi connectivity index (χ1) is 12.7. The second kappa shape index (κ2) is 9.04. The van der Waals surface area contributed by atoms with Crippen LogP contribution in [0.25, 0.3) is 0 Å². The molecule has 144 valence electrons. The van der Waals surface area contributed by atoms with E-state index in [-0.39, 0.29) is 17.9 Å². The molecule has 0 unspecified atom stereocenters. The Hall–Kier alpha value is -2.34. The van der Waals surface area contributed by atoms with Gasteiger partial charge in [0.25, 0.3) is 5.91 Å². The second-order valence-electron chi connectivity index (χ2n) is 7.03. The average Bonchev–Trinajstić information content (AvgIpc) is 2.60. The minimum Gasteiger partial charge on any atom is -0.483 e. The lowest BCUT2D eigenvalue weighted by atomic mass is 9.87. The Balaban J connectivity index is 1.97. The molecule has 2 aromatic rings. The van der Waals surface area contributed by atoms with Crippen molar-refractivity contribution < 1.29 is 19.1 Å². The third-order valence-electron chi connectivity index (χ3n) is 3.81. The van der Waals surface area contributed by atoms with E-state index in [2.05, 4.69) is 42.0 Å². The third kappa shape index (κ3) is 6.10. The van der Waals surface area contributed by atoms with Crippen LogP contribution in [-0.2, 0) is 14.9 Å². The Morgan fingerprint density at radius 2 is 1.85 bits per heavy atom. The summed E-state index contributed by atoms with van der Waals surface area (Å²) in [6, 6.07) is 12.4. The van der Waals surface area contributed by atoms with Crippen LogP contribution in [0.4, 0.5) is 5.69 Å². The van der Waals surface area contributed by atoms with Crippen LogP contribution in [0.3, 0.4) is 0 Å². The molecule has 0 bridgehead atoms. The third-order valence-corrected chi connectivity index (χ3v) is 4.43. The number of hydrogen-bond acceptors (Lipinski definition) is 4. The summed E-state index contributed by atoms with van der Waals surface area (Å²) in [4.78, 5) is 23.9. The van der Waals surface area contributed by atoms with Crippen LogP contribution in [0.5, 0.6) is 5.75 Å². The van der Waals surface area contributed by atoms with Crippen molar-refractivity contribution in [1.29, 1.82) is 0 Å². The molecular weight excluding hydrogens is 410 g/mol. The number of amides is 1. The molecule has 0 aliphatic rings. The molecule has 0 aliphatic carbocycles. The number of benzene rings is 2. The van der Waals surface area contributed by atoms with Crippen LogP contribution in [0.15, 0.2) is 46.9 Å². The van der Waals surface area contributed by atoms with Gasteiger partial charge in [-0.05, 0) is 64.2 Å². The molecule has 0 saturated carbocycles. The summed E-state index contributed by atoms with van der Waals surface area (Å²) in [6.45, 7) is 8.30. The van der Waals surface area contributed by atoms with Crippen molar-refractivity contribution in [1.82, 2.24) is 0 Å². The summed E-state index contributed by atoms with van der Waals surface area (Å²) in [5.74, 6) is -0.144. The number of carbonyl (C=O) groups is 2. The molecule has 27 heavy (non-hydrogen) atoms. The van der Waals surface area contributed by atoms with E-state index in [1.54, 1.807) is 31.2 Å². The number of esters is 1. The highest BCUT2D eigenvalue weighted by Crippen LogP contribution is 2.31. The molecule has 0 aromatic heterocycles. The zero-order chi connectivity index (χ0) is 20.0. The lowest BCUT2D eigenvalue weighted by molar-refractivity contribution is -0.118. The summed E-state index contributed by atoms with van der Waals surface area (Å²) >= 11 is 3.49. The summed E-state index contributed by atoms with van der Waals surface area (Å²) in [6.07, 6.45) is 0. The lowest BCUT2D eigenvalue weighted by Gasteiger charge is -2.20. The lowest BCUT2D eigenvalue weighted by Crippen LogP contribution is -2.20. The van der Waals surface area contributed by atoms with Crippen molar-refractivity contribution in [2.45, 2.75) is 33.1 Å². The van der Waals surface area contributed by atoms with Crippen LogP contribution >= 0.6 is 15.9 Å². The number of hydrogen-bond donors (Lipinski definition) is 1. The monoisotopic (exact) mass is 433 g/mol. The van der Waals surface area contributed by atoms with Gasteiger partial charge in [0.2, 0.25) is 0 Å². The maximum atomic E-state index is 12.2. The highest BCUT2D eigenvalue weighted by molar-refractivity contribution is 9.10. The molecule has 0 saturated heterocycles. The first-order valence-electron chi connectivity index (χ1n) is 8.70. The first-order valence-corrected chi connectivity index (χ1v) is 9.50. The summed E-state index contributed by atoms with van der Waals surface area (Å²) < 4.78 is 11.4. The molecule has 2 aromatic carbocycles. The Labute approximate surface area is 168 Å². The molecule has 6 heteroatoms. The number of nitrogens with one attached hydrogen (secondary N) is 1. The first kappa shape index (κ1) is 21.0. The minimum absolute atomic E-state index is 0.0301. The van der Waals surface area contributed by atoms with Gasteiger partial charge in [0.15, 0.2) is 6.61 Å². The number of carbonyl (C=O) groups excluding carboxylic acids is 2. The number of halogens is 1. The van der Waals surface area contributed by atoms with Crippen molar-refractivity contribution >= 4 is 33.5 Å². The maximum absolute atomic E-state index is 12.2. The van der Waals surface area contributed by atoms with E-state index >= 15 is 0 Å². The quantitative estimate of drug-likeness (QED) is 0.655. The molecule has 5 nitrogen and oxygen atoms in total. The fraction of sp³-hybridized carbons (Fsp3) is 0.333. The topological polar surface area (TPSA) is 64.6 Å². The molecule has 1 amide bonds. The van der Waals surface area contributed by atoms with Crippen LogP contribution in [0.1, 0.15) is 43.6 Å². The van der Waals surface area contributed by atoms with Crippen molar-refractivity contribution in [2.24, 2.45) is 0 Å². The van der Waals surface area contributed by atoms with E-state index < -0.39 is 5.97 Å². The Morgan fingerprint density at radius 3 is 2.48 bits per heavy atom. The predicted octanol–water partition coefficient (Wildman–Crippen LogP) is 4.94. The second-order valence-corrected chi connectivity index (χ2v) is 7.89. The highest BCUT2D eigenvalue weighted by Gasteiger charge is 2.16. The van der Waals surface area contributed by atoms with E-state index in [0.717, 1.165) is 4.47 Å². The molecule has 1 N–H and O–H groups in total. The number of anilines is 1. The summed E-state index contributed by atoms with van der Waals surface area (Å²) in [5.41, 5.74) is 2.09. The Kier molecular flexibility index (Phi) is 7.02. The number of rotatable bonds is 6. The van der Waals surface area contributed by atoms with E-state index in [0.29, 0.717) is 23.6 Å². The van der Waals surface area contributed by atoms with E-state index in [9.17, 15) is 9.59 Å². The van der Waals surface area contributed by atoms with E-state index in [1.807, 2.05) is 18.2 Å².